The Balaban J connectivity index is 2.10. The van der Waals surface area contributed by atoms with Crippen LogP contribution < -0.4 is 10.1 Å². The Morgan fingerprint density at radius 2 is 1.95 bits per heavy atom. The molecule has 2 aromatic rings. The molecule has 0 aliphatic carbocycles. The number of aromatic nitrogens is 1. The van der Waals surface area contributed by atoms with Gasteiger partial charge < -0.3 is 10.1 Å². The number of hydrogen-bond acceptors (Lipinski definition) is 3. The maximum atomic E-state index is 11.5. The predicted octanol–water partition coefficient (Wildman–Crippen LogP) is 2.26. The van der Waals surface area contributed by atoms with Gasteiger partial charge in [0.1, 0.15) is 6.61 Å². The maximum Gasteiger partial charge on any atom is 0.224 e. The molecule has 2 rings (SSSR count). The molecule has 0 aliphatic rings. The van der Waals surface area contributed by atoms with Crippen molar-refractivity contribution in [1.29, 1.82) is 0 Å². The van der Waals surface area contributed by atoms with E-state index in [0.29, 0.717) is 18.9 Å². The van der Waals surface area contributed by atoms with E-state index in [4.69, 9.17) is 4.74 Å². The van der Waals surface area contributed by atoms with Gasteiger partial charge in [-0.2, -0.15) is 0 Å². The van der Waals surface area contributed by atoms with Gasteiger partial charge in [0.2, 0.25) is 11.8 Å². The molecule has 104 valence electrons. The molecule has 0 radical (unpaired) electrons. The average molecular weight is 270 g/mol. The van der Waals surface area contributed by atoms with E-state index < -0.39 is 0 Å². The van der Waals surface area contributed by atoms with Crippen molar-refractivity contribution in [3.05, 3.63) is 59.3 Å². The third kappa shape index (κ3) is 3.57. The molecule has 1 aromatic heterocycles. The monoisotopic (exact) mass is 270 g/mol. The summed E-state index contributed by atoms with van der Waals surface area (Å²) in [4.78, 5) is 15.7. The lowest BCUT2D eigenvalue weighted by atomic mass is 10.0. The van der Waals surface area contributed by atoms with E-state index in [-0.39, 0.29) is 5.91 Å². The lowest BCUT2D eigenvalue weighted by molar-refractivity contribution is -0.119. The highest BCUT2D eigenvalue weighted by molar-refractivity contribution is 5.78. The van der Waals surface area contributed by atoms with Crippen LogP contribution in [0.4, 0.5) is 0 Å². The van der Waals surface area contributed by atoms with Crippen molar-refractivity contribution in [1.82, 2.24) is 10.3 Å². The Kier molecular flexibility index (Phi) is 4.71. The number of nitrogens with one attached hydrogen (secondary N) is 1. The molecule has 0 atom stereocenters. The molecule has 0 aliphatic heterocycles. The zero-order chi connectivity index (χ0) is 14.4. The lowest BCUT2D eigenvalue weighted by Crippen LogP contribution is -2.20. The van der Waals surface area contributed by atoms with E-state index >= 15 is 0 Å². The number of carbonyl (C=O) groups is 1. The highest BCUT2D eigenvalue weighted by Crippen LogP contribution is 2.16. The quantitative estimate of drug-likeness (QED) is 0.906. The summed E-state index contributed by atoms with van der Waals surface area (Å²) in [6.07, 6.45) is 2.07. The molecule has 0 fully saturated rings. The molecule has 1 aromatic carbocycles. The molecule has 0 unspecified atom stereocenters. The molecule has 1 N–H and O–H groups in total. The highest BCUT2D eigenvalue weighted by atomic mass is 16.5. The first-order chi connectivity index (χ1) is 9.70. The number of amides is 1. The van der Waals surface area contributed by atoms with Gasteiger partial charge in [0.05, 0.1) is 6.42 Å². The Bertz CT molecular complexity index is 597. The van der Waals surface area contributed by atoms with Crippen LogP contribution in [-0.4, -0.2) is 17.9 Å². The lowest BCUT2D eigenvalue weighted by Gasteiger charge is -2.11. The van der Waals surface area contributed by atoms with Crippen molar-refractivity contribution >= 4 is 5.91 Å². The molecule has 20 heavy (non-hydrogen) atoms. The Morgan fingerprint density at radius 1 is 1.20 bits per heavy atom. The van der Waals surface area contributed by atoms with Crippen LogP contribution in [0.1, 0.15) is 16.7 Å². The van der Waals surface area contributed by atoms with Crippen LogP contribution in [0.25, 0.3) is 0 Å². The number of carbonyl (C=O) groups excluding carboxylic acids is 1. The van der Waals surface area contributed by atoms with Crippen molar-refractivity contribution in [2.24, 2.45) is 0 Å². The van der Waals surface area contributed by atoms with E-state index in [1.807, 2.05) is 43.3 Å². The van der Waals surface area contributed by atoms with Gasteiger partial charge in [-0.1, -0.05) is 30.3 Å². The fourth-order valence-electron chi connectivity index (χ4n) is 1.90. The standard InChI is InChI=1S/C16H18N2O2/c1-12-6-5-9-18-16(12)20-11-14-8-4-3-7-13(14)10-15(19)17-2/h3-9H,10-11H2,1-2H3,(H,17,19). The number of ether oxygens (including phenoxy) is 1. The van der Waals surface area contributed by atoms with Gasteiger partial charge in [0.25, 0.3) is 0 Å². The Hall–Kier alpha value is -2.36. The van der Waals surface area contributed by atoms with Crippen LogP contribution in [0.3, 0.4) is 0 Å². The zero-order valence-electron chi connectivity index (χ0n) is 11.7. The molecule has 1 heterocycles. The third-order valence-electron chi connectivity index (χ3n) is 3.07. The third-order valence-corrected chi connectivity index (χ3v) is 3.07. The van der Waals surface area contributed by atoms with Gasteiger partial charge in [0, 0.05) is 18.8 Å². The van der Waals surface area contributed by atoms with Gasteiger partial charge in [-0.05, 0) is 24.1 Å². The van der Waals surface area contributed by atoms with Gasteiger partial charge in [0.15, 0.2) is 0 Å². The van der Waals surface area contributed by atoms with Crippen LogP contribution in [0, 0.1) is 6.92 Å². The Morgan fingerprint density at radius 3 is 2.65 bits per heavy atom. The second kappa shape index (κ2) is 6.70. The minimum absolute atomic E-state index is 0.00790. The van der Waals surface area contributed by atoms with Crippen molar-refractivity contribution in [3.63, 3.8) is 0 Å². The number of benzene rings is 1. The van der Waals surface area contributed by atoms with E-state index in [9.17, 15) is 4.79 Å². The summed E-state index contributed by atoms with van der Waals surface area (Å²) >= 11 is 0. The van der Waals surface area contributed by atoms with Crippen molar-refractivity contribution < 1.29 is 9.53 Å². The van der Waals surface area contributed by atoms with E-state index in [2.05, 4.69) is 10.3 Å². The minimum Gasteiger partial charge on any atom is -0.473 e. The molecule has 1 amide bonds. The number of aryl methyl sites for hydroxylation is 1. The number of rotatable bonds is 5. The van der Waals surface area contributed by atoms with Gasteiger partial charge >= 0.3 is 0 Å². The van der Waals surface area contributed by atoms with Crippen LogP contribution in [0.2, 0.25) is 0 Å². The minimum atomic E-state index is -0.00790. The predicted molar refractivity (Wildman–Crippen MR) is 77.5 cm³/mol. The SMILES string of the molecule is CNC(=O)Cc1ccccc1COc1ncccc1C. The largest absolute Gasteiger partial charge is 0.473 e. The molecule has 4 heteroatoms. The summed E-state index contributed by atoms with van der Waals surface area (Å²) in [6, 6.07) is 11.6. The van der Waals surface area contributed by atoms with E-state index in [0.717, 1.165) is 16.7 Å². The summed E-state index contributed by atoms with van der Waals surface area (Å²) < 4.78 is 5.74. The smallest absolute Gasteiger partial charge is 0.224 e. The molecular formula is C16H18N2O2. The second-order valence-electron chi connectivity index (χ2n) is 4.53. The van der Waals surface area contributed by atoms with Crippen LogP contribution in [0.5, 0.6) is 5.88 Å². The zero-order valence-corrected chi connectivity index (χ0v) is 11.7. The first-order valence-corrected chi connectivity index (χ1v) is 6.52. The van der Waals surface area contributed by atoms with E-state index in [1.54, 1.807) is 13.2 Å². The average Bonchev–Trinajstić information content (AvgIpc) is 2.47. The van der Waals surface area contributed by atoms with Crippen molar-refractivity contribution in [2.45, 2.75) is 20.0 Å². The highest BCUT2D eigenvalue weighted by Gasteiger charge is 2.08. The topological polar surface area (TPSA) is 51.2 Å². The summed E-state index contributed by atoms with van der Waals surface area (Å²) in [7, 11) is 1.64. The van der Waals surface area contributed by atoms with Crippen molar-refractivity contribution in [2.75, 3.05) is 7.05 Å². The summed E-state index contributed by atoms with van der Waals surface area (Å²) in [5.41, 5.74) is 2.97. The van der Waals surface area contributed by atoms with Crippen LogP contribution >= 0.6 is 0 Å². The first-order valence-electron chi connectivity index (χ1n) is 6.52. The number of nitrogens with zero attached hydrogens (tertiary/aromatic N) is 1. The van der Waals surface area contributed by atoms with Gasteiger partial charge in [-0.15, -0.1) is 0 Å². The number of hydrogen-bond donors (Lipinski definition) is 1. The molecule has 0 saturated carbocycles. The molecule has 0 bridgehead atoms. The molecule has 0 spiro atoms. The number of pyridine rings is 1. The molecular weight excluding hydrogens is 252 g/mol. The first kappa shape index (κ1) is 14.1. The molecule has 4 nitrogen and oxygen atoms in total. The second-order valence-corrected chi connectivity index (χ2v) is 4.53. The normalized spacial score (nSPS) is 10.1. The molecule has 0 saturated heterocycles. The van der Waals surface area contributed by atoms with Crippen molar-refractivity contribution in [3.8, 4) is 5.88 Å². The van der Waals surface area contributed by atoms with E-state index in [1.165, 1.54) is 0 Å². The van der Waals surface area contributed by atoms with Crippen LogP contribution in [-0.2, 0) is 17.8 Å². The summed E-state index contributed by atoms with van der Waals surface area (Å²) in [6.45, 7) is 2.36. The fraction of sp³-hybridized carbons (Fsp3) is 0.250. The van der Waals surface area contributed by atoms with Gasteiger partial charge in [-0.3, -0.25) is 4.79 Å². The Labute approximate surface area is 118 Å². The van der Waals surface area contributed by atoms with Crippen LogP contribution in [0.15, 0.2) is 42.6 Å². The fourth-order valence-corrected chi connectivity index (χ4v) is 1.90. The van der Waals surface area contributed by atoms with Gasteiger partial charge in [-0.25, -0.2) is 4.98 Å². The summed E-state index contributed by atoms with van der Waals surface area (Å²) in [5.74, 6) is 0.619. The maximum absolute atomic E-state index is 11.5. The summed E-state index contributed by atoms with van der Waals surface area (Å²) in [5, 5.41) is 2.63. The number of likely N-dealkylation sites (N-methyl/N-ethyl adjacent to an activating group) is 1.